The van der Waals surface area contributed by atoms with Gasteiger partial charge in [0.2, 0.25) is 5.91 Å². The number of aryl methyl sites for hydroxylation is 2. The van der Waals surface area contributed by atoms with Gasteiger partial charge in [-0.1, -0.05) is 24.3 Å². The molecule has 0 aliphatic rings. The standard InChI is InChI=1S/C20H19FN4O2.C2HF3O2/c21-16-5-1-4-14(9-16)11-18(26)24-17-6-2-3-13(10-17)7-8-15-12-23-25-19(15)20(22)27;3-2(4,5)1(6)7/h1-6,9-10,12H,7-8,11H2,(H2,22,27)(H,23,25)(H,24,26);(H,6,7). The van der Waals surface area contributed by atoms with E-state index in [1.807, 2.05) is 18.2 Å². The van der Waals surface area contributed by atoms with Crippen LogP contribution in [-0.2, 0) is 28.9 Å². The number of nitrogens with two attached hydrogens (primary N) is 1. The van der Waals surface area contributed by atoms with Crippen molar-refractivity contribution in [2.24, 2.45) is 5.73 Å². The molecule has 5 N–H and O–H groups in total. The van der Waals surface area contributed by atoms with Crippen molar-refractivity contribution in [3.63, 3.8) is 0 Å². The summed E-state index contributed by atoms with van der Waals surface area (Å²) < 4.78 is 44.9. The number of primary amides is 1. The van der Waals surface area contributed by atoms with Gasteiger partial charge in [0, 0.05) is 11.3 Å². The molecule has 2 amide bonds. The highest BCUT2D eigenvalue weighted by Crippen LogP contribution is 2.15. The largest absolute Gasteiger partial charge is 0.490 e. The summed E-state index contributed by atoms with van der Waals surface area (Å²) in [7, 11) is 0. The smallest absolute Gasteiger partial charge is 0.475 e. The number of carbonyl (C=O) groups is 3. The molecule has 180 valence electrons. The van der Waals surface area contributed by atoms with Gasteiger partial charge in [0.15, 0.2) is 0 Å². The maximum atomic E-state index is 13.2. The number of hydrogen-bond donors (Lipinski definition) is 4. The second-order valence-electron chi connectivity index (χ2n) is 6.99. The number of halogens is 4. The van der Waals surface area contributed by atoms with E-state index in [0.29, 0.717) is 29.8 Å². The summed E-state index contributed by atoms with van der Waals surface area (Å²) in [6.07, 6.45) is -2.15. The van der Waals surface area contributed by atoms with Crippen LogP contribution in [0.2, 0.25) is 0 Å². The van der Waals surface area contributed by atoms with Crippen LogP contribution < -0.4 is 11.1 Å². The molecule has 0 aliphatic heterocycles. The Morgan fingerprint density at radius 2 is 1.68 bits per heavy atom. The number of anilines is 1. The van der Waals surface area contributed by atoms with Gasteiger partial charge in [-0.05, 0) is 48.2 Å². The summed E-state index contributed by atoms with van der Waals surface area (Å²) >= 11 is 0. The first-order chi connectivity index (χ1) is 16.0. The molecule has 8 nitrogen and oxygen atoms in total. The minimum atomic E-state index is -5.08. The van der Waals surface area contributed by atoms with Crippen LogP contribution in [0.15, 0.2) is 54.7 Å². The number of nitrogens with zero attached hydrogens (tertiary/aromatic N) is 1. The fraction of sp³-hybridized carbons (Fsp3) is 0.182. The number of alkyl halides is 3. The summed E-state index contributed by atoms with van der Waals surface area (Å²) in [6, 6.07) is 13.4. The minimum absolute atomic E-state index is 0.0962. The zero-order valence-electron chi connectivity index (χ0n) is 17.5. The van der Waals surface area contributed by atoms with E-state index in [-0.39, 0.29) is 18.1 Å². The number of H-pyrrole nitrogens is 1. The summed E-state index contributed by atoms with van der Waals surface area (Å²) in [5.74, 6) is -3.88. The van der Waals surface area contributed by atoms with Gasteiger partial charge in [-0.2, -0.15) is 18.3 Å². The van der Waals surface area contributed by atoms with Crippen molar-refractivity contribution < 1.29 is 37.1 Å². The summed E-state index contributed by atoms with van der Waals surface area (Å²) in [5, 5.41) is 16.4. The van der Waals surface area contributed by atoms with E-state index in [1.165, 1.54) is 12.1 Å². The second-order valence-corrected chi connectivity index (χ2v) is 6.99. The topological polar surface area (TPSA) is 138 Å². The van der Waals surface area contributed by atoms with Gasteiger partial charge in [-0.3, -0.25) is 14.7 Å². The number of carbonyl (C=O) groups excluding carboxylic acids is 2. The number of hydrogen-bond acceptors (Lipinski definition) is 4. The van der Waals surface area contributed by atoms with Gasteiger partial charge >= 0.3 is 12.1 Å². The Morgan fingerprint density at radius 3 is 2.29 bits per heavy atom. The Labute approximate surface area is 190 Å². The van der Waals surface area contributed by atoms with Gasteiger partial charge in [-0.25, -0.2) is 9.18 Å². The van der Waals surface area contributed by atoms with Crippen molar-refractivity contribution >= 4 is 23.5 Å². The first-order valence-electron chi connectivity index (χ1n) is 9.71. The van der Waals surface area contributed by atoms with E-state index >= 15 is 0 Å². The highest BCUT2D eigenvalue weighted by molar-refractivity contribution is 5.92. The van der Waals surface area contributed by atoms with Crippen molar-refractivity contribution in [1.82, 2.24) is 10.2 Å². The molecule has 12 heteroatoms. The fourth-order valence-corrected chi connectivity index (χ4v) is 2.84. The molecule has 0 atom stereocenters. The molecule has 0 unspecified atom stereocenters. The number of aliphatic carboxylic acids is 1. The molecule has 1 heterocycles. The van der Waals surface area contributed by atoms with Crippen molar-refractivity contribution in [2.75, 3.05) is 5.32 Å². The molecule has 2 aromatic carbocycles. The lowest BCUT2D eigenvalue weighted by atomic mass is 10.0. The predicted octanol–water partition coefficient (Wildman–Crippen LogP) is 3.25. The normalized spacial score (nSPS) is 10.7. The lowest BCUT2D eigenvalue weighted by Gasteiger charge is -2.08. The van der Waals surface area contributed by atoms with E-state index < -0.39 is 18.1 Å². The molecule has 34 heavy (non-hydrogen) atoms. The van der Waals surface area contributed by atoms with Crippen LogP contribution >= 0.6 is 0 Å². The van der Waals surface area contributed by atoms with E-state index in [4.69, 9.17) is 15.6 Å². The highest BCUT2D eigenvalue weighted by atomic mass is 19.4. The Morgan fingerprint density at radius 1 is 1.03 bits per heavy atom. The average Bonchev–Trinajstić information content (AvgIpc) is 3.21. The van der Waals surface area contributed by atoms with Crippen LogP contribution in [0.25, 0.3) is 0 Å². The van der Waals surface area contributed by atoms with Gasteiger partial charge in [-0.15, -0.1) is 0 Å². The quantitative estimate of drug-likeness (QED) is 0.385. The average molecular weight is 480 g/mol. The number of carboxylic acid groups (broad SMARTS) is 1. The summed E-state index contributed by atoms with van der Waals surface area (Å²) in [6.45, 7) is 0. The van der Waals surface area contributed by atoms with Gasteiger partial charge in [0.1, 0.15) is 11.5 Å². The molecular formula is C22H20F4N4O4. The SMILES string of the molecule is NC(=O)c1[nH]ncc1CCc1cccc(NC(=O)Cc2cccc(F)c2)c1.O=C(O)C(F)(F)F. The van der Waals surface area contributed by atoms with Crippen LogP contribution in [0, 0.1) is 5.82 Å². The second kappa shape index (κ2) is 11.6. The molecule has 0 spiro atoms. The van der Waals surface area contributed by atoms with Crippen molar-refractivity contribution in [2.45, 2.75) is 25.4 Å². The van der Waals surface area contributed by atoms with Gasteiger partial charge in [0.05, 0.1) is 12.6 Å². The number of aromatic amines is 1. The van der Waals surface area contributed by atoms with Crippen LogP contribution in [0.5, 0.6) is 0 Å². The number of aromatic nitrogens is 2. The molecule has 3 rings (SSSR count). The molecule has 1 aromatic heterocycles. The Hall–Kier alpha value is -4.22. The van der Waals surface area contributed by atoms with E-state index in [0.717, 1.165) is 11.1 Å². The first-order valence-corrected chi connectivity index (χ1v) is 9.71. The lowest BCUT2D eigenvalue weighted by Crippen LogP contribution is -2.21. The molecule has 0 saturated carbocycles. The van der Waals surface area contributed by atoms with Crippen LogP contribution in [0.4, 0.5) is 23.2 Å². The molecule has 3 aromatic rings. The predicted molar refractivity (Wildman–Crippen MR) is 113 cm³/mol. The highest BCUT2D eigenvalue weighted by Gasteiger charge is 2.38. The molecule has 0 radical (unpaired) electrons. The number of nitrogens with one attached hydrogen (secondary N) is 2. The monoisotopic (exact) mass is 480 g/mol. The lowest BCUT2D eigenvalue weighted by molar-refractivity contribution is -0.192. The number of carboxylic acids is 1. The third-order valence-corrected chi connectivity index (χ3v) is 4.35. The Balaban J connectivity index is 0.000000509. The van der Waals surface area contributed by atoms with Crippen molar-refractivity contribution in [3.8, 4) is 0 Å². The Kier molecular flexibility index (Phi) is 8.87. The van der Waals surface area contributed by atoms with Crippen LogP contribution in [-0.4, -0.2) is 39.3 Å². The maximum absolute atomic E-state index is 13.2. The van der Waals surface area contributed by atoms with Crippen LogP contribution in [0.3, 0.4) is 0 Å². The number of benzene rings is 2. The van der Waals surface area contributed by atoms with Crippen molar-refractivity contribution in [1.29, 1.82) is 0 Å². The molecule has 0 saturated heterocycles. The van der Waals surface area contributed by atoms with Crippen molar-refractivity contribution in [3.05, 3.63) is 82.9 Å². The zero-order valence-corrected chi connectivity index (χ0v) is 17.5. The maximum Gasteiger partial charge on any atom is 0.490 e. The third-order valence-electron chi connectivity index (χ3n) is 4.35. The number of rotatable bonds is 7. The third kappa shape index (κ3) is 8.37. The molecule has 0 aliphatic carbocycles. The minimum Gasteiger partial charge on any atom is -0.475 e. The van der Waals surface area contributed by atoms with Gasteiger partial charge in [0.25, 0.3) is 5.91 Å². The van der Waals surface area contributed by atoms with E-state index in [1.54, 1.807) is 24.4 Å². The van der Waals surface area contributed by atoms with E-state index in [9.17, 15) is 27.2 Å². The molecule has 0 bridgehead atoms. The zero-order chi connectivity index (χ0) is 25.3. The summed E-state index contributed by atoms with van der Waals surface area (Å²) in [4.78, 5) is 32.4. The Bertz CT molecular complexity index is 1160. The van der Waals surface area contributed by atoms with E-state index in [2.05, 4.69) is 15.5 Å². The number of amides is 2. The van der Waals surface area contributed by atoms with Gasteiger partial charge < -0.3 is 16.2 Å². The van der Waals surface area contributed by atoms with Crippen LogP contribution in [0.1, 0.15) is 27.2 Å². The summed E-state index contributed by atoms with van der Waals surface area (Å²) in [5.41, 5.74) is 8.64. The molecular weight excluding hydrogens is 460 g/mol. The first kappa shape index (κ1) is 26.0. The fourth-order valence-electron chi connectivity index (χ4n) is 2.84. The molecule has 0 fully saturated rings.